The molecule has 0 aromatic heterocycles. The maximum Gasteiger partial charge on any atom is 0.204 e. The molecule has 5 aromatic carbocycles. The first-order valence-electron chi connectivity index (χ1n) is 38.0. The van der Waals surface area contributed by atoms with Crippen LogP contribution in [0.2, 0.25) is 0 Å². The van der Waals surface area contributed by atoms with Crippen LogP contribution >= 0.6 is 0 Å². The van der Waals surface area contributed by atoms with Crippen molar-refractivity contribution in [3.8, 4) is 57.5 Å². The number of hydrogen-bond donors (Lipinski definition) is 0. The van der Waals surface area contributed by atoms with Crippen LogP contribution in [0.4, 0.5) is 43.9 Å². The number of hydrogen-bond acceptors (Lipinski definition) is 10. The van der Waals surface area contributed by atoms with E-state index in [-0.39, 0.29) is 57.5 Å². The van der Waals surface area contributed by atoms with E-state index >= 15 is 0 Å². The van der Waals surface area contributed by atoms with Crippen molar-refractivity contribution in [3.05, 3.63) is 119 Å². The van der Waals surface area contributed by atoms with E-state index in [1.165, 1.54) is 158 Å². The zero-order valence-electron chi connectivity index (χ0n) is 63.3. The number of unbranched alkanes of at least 4 members (excludes halogenated alkanes) is 26. The predicted octanol–water partition coefficient (Wildman–Crippen LogP) is 26.3. The topological polar surface area (TPSA) is 92.3 Å². The maximum absolute atomic E-state index is 13.9. The fraction of sp³-hybridized carbons (Fsp3) is 0.634. The molecule has 0 amide bonds. The van der Waals surface area contributed by atoms with Gasteiger partial charge in [0.15, 0.2) is 57.5 Å². The summed E-state index contributed by atoms with van der Waals surface area (Å²) in [5.41, 5.74) is 0. The molecule has 0 saturated carbocycles. The highest BCUT2D eigenvalue weighted by Gasteiger charge is 2.20. The second-order valence-corrected chi connectivity index (χ2v) is 24.8. The summed E-state index contributed by atoms with van der Waals surface area (Å²) in [5.74, 6) is -10.3. The van der Waals surface area contributed by atoms with Crippen molar-refractivity contribution < 1.29 is 91.3 Å². The Kier molecular flexibility index (Phi) is 56.6. The van der Waals surface area contributed by atoms with Gasteiger partial charge >= 0.3 is 0 Å². The second kappa shape index (κ2) is 61.8. The molecule has 0 aliphatic carbocycles. The normalized spacial score (nSPS) is 10.6. The van der Waals surface area contributed by atoms with Gasteiger partial charge in [-0.05, 0) is 112 Å². The van der Waals surface area contributed by atoms with E-state index in [0.29, 0.717) is 52.9 Å². The van der Waals surface area contributed by atoms with Gasteiger partial charge in [-0.3, -0.25) is 0 Å². The van der Waals surface area contributed by atoms with Crippen LogP contribution in [0, 0.1) is 58.2 Å². The van der Waals surface area contributed by atoms with E-state index in [1.807, 2.05) is 20.8 Å². The summed E-state index contributed by atoms with van der Waals surface area (Å²) in [5, 5.41) is 0. The van der Waals surface area contributed by atoms with Gasteiger partial charge in [-0.1, -0.05) is 222 Å². The Hall–Kier alpha value is -6.60. The summed E-state index contributed by atoms with van der Waals surface area (Å²) in [6, 6.07) is 14.1. The van der Waals surface area contributed by atoms with Crippen LogP contribution in [0.1, 0.15) is 274 Å². The van der Waals surface area contributed by atoms with Crippen LogP contribution in [0.15, 0.2) is 60.7 Å². The molecule has 10 nitrogen and oxygen atoms in total. The van der Waals surface area contributed by atoms with Crippen LogP contribution in [-0.2, 0) is 0 Å². The van der Waals surface area contributed by atoms with Crippen molar-refractivity contribution in [2.45, 2.75) is 274 Å². The summed E-state index contributed by atoms with van der Waals surface area (Å²) < 4.78 is 188. The molecule has 0 N–H and O–H groups in total. The summed E-state index contributed by atoms with van der Waals surface area (Å²) in [7, 11) is 2.60. The van der Waals surface area contributed by atoms with Gasteiger partial charge in [-0.2, -0.15) is 43.9 Å². The number of benzene rings is 5. The van der Waals surface area contributed by atoms with Crippen molar-refractivity contribution in [2.24, 2.45) is 0 Å². The highest BCUT2D eigenvalue weighted by molar-refractivity contribution is 5.38. The van der Waals surface area contributed by atoms with Crippen molar-refractivity contribution in [1.82, 2.24) is 0 Å². The molecule has 0 atom stereocenters. The SMILES string of the molecule is CCCCCCCCCOc1ccc(OC)c(F)c1F.CCCCCCCCOc1ccc(OC)c(F)c1F.CCCCCCCCOc1ccc(OCCCC)c(F)c1F.CCCCCCCOc1ccc(OCCCC)c(F)c1F.CCCCCCOc1ccc(OCCCC)c(F)c1F. The molecule has 5 rings (SSSR count). The average Bonchev–Trinajstić information content (AvgIpc) is 0.871. The average molecular weight is 1460 g/mol. The molecular formula is C82H124F10O10. The third-order valence-corrected chi connectivity index (χ3v) is 16.0. The van der Waals surface area contributed by atoms with Gasteiger partial charge in [0.25, 0.3) is 0 Å². The summed E-state index contributed by atoms with van der Waals surface area (Å²) in [6.07, 6.45) is 36.6. The zero-order chi connectivity index (χ0) is 75.4. The van der Waals surface area contributed by atoms with Gasteiger partial charge in [0.1, 0.15) is 0 Å². The Bertz CT molecular complexity index is 2880. The maximum atomic E-state index is 13.9. The Balaban J connectivity index is 0.000000638. The minimum atomic E-state index is -0.997. The summed E-state index contributed by atoms with van der Waals surface area (Å²) in [6.45, 7) is 20.1. The minimum absolute atomic E-state index is 0.0334. The predicted molar refractivity (Wildman–Crippen MR) is 391 cm³/mol. The van der Waals surface area contributed by atoms with Crippen molar-refractivity contribution in [3.63, 3.8) is 0 Å². The molecule has 0 radical (unpaired) electrons. The molecule has 0 heterocycles. The van der Waals surface area contributed by atoms with Crippen molar-refractivity contribution >= 4 is 0 Å². The van der Waals surface area contributed by atoms with Gasteiger partial charge in [0.2, 0.25) is 58.2 Å². The highest BCUT2D eigenvalue weighted by Crippen LogP contribution is 2.33. The lowest BCUT2D eigenvalue weighted by Gasteiger charge is -2.11. The molecule has 0 saturated heterocycles. The standard InChI is InChI=1S/C18H28F2O2.C17H26F2O2.2C16H24F2O2.C15H22F2O2/c1-3-5-7-8-9-10-14-22-16-12-11-15(17(19)18(16)20)21-13-6-4-2;1-3-5-7-8-9-13-21-15-11-10-14(16(18)17(15)19)20-12-6-4-2;1-3-4-5-6-7-8-9-12-20-14-11-10-13(19-2)15(17)16(14)18;1-3-5-7-8-12-20-14-10-9-13(15(17)16(14)18)19-11-6-4-2;1-3-4-5-6-7-8-11-19-13-10-9-12(18-2)14(16)15(13)17/h11-12H,3-10,13-14H2,1-2H3;10-11H,3-9,12-13H2,1-2H3;10-11H,3-9,12H2,1-2H3;9-10H,3-8,11-12H2,1-2H3;9-10H,3-8,11H2,1-2H3. The molecule has 0 fully saturated rings. The van der Waals surface area contributed by atoms with E-state index in [1.54, 1.807) is 0 Å². The fourth-order valence-corrected chi connectivity index (χ4v) is 9.73. The zero-order valence-corrected chi connectivity index (χ0v) is 63.3. The van der Waals surface area contributed by atoms with E-state index in [9.17, 15) is 43.9 Å². The molecule has 0 aliphatic heterocycles. The lowest BCUT2D eigenvalue weighted by Crippen LogP contribution is -2.04. The third-order valence-electron chi connectivity index (χ3n) is 16.0. The molecule has 0 aliphatic rings. The molecular weight excluding hydrogens is 1330 g/mol. The molecule has 5 aromatic rings. The van der Waals surface area contributed by atoms with E-state index < -0.39 is 58.2 Å². The summed E-state index contributed by atoms with van der Waals surface area (Å²) in [4.78, 5) is 0. The first-order valence-corrected chi connectivity index (χ1v) is 38.0. The van der Waals surface area contributed by atoms with Gasteiger partial charge in [0.05, 0.1) is 67.1 Å². The fourth-order valence-electron chi connectivity index (χ4n) is 9.73. The molecule has 0 bridgehead atoms. The van der Waals surface area contributed by atoms with E-state index in [0.717, 1.165) is 135 Å². The number of rotatable bonds is 52. The number of ether oxygens (including phenoxy) is 10. The summed E-state index contributed by atoms with van der Waals surface area (Å²) >= 11 is 0. The van der Waals surface area contributed by atoms with Crippen molar-refractivity contribution in [1.29, 1.82) is 0 Å². The van der Waals surface area contributed by atoms with Crippen molar-refractivity contribution in [2.75, 3.05) is 67.1 Å². The smallest absolute Gasteiger partial charge is 0.204 e. The molecule has 0 spiro atoms. The van der Waals surface area contributed by atoms with Gasteiger partial charge in [-0.25, -0.2) is 0 Å². The molecule has 102 heavy (non-hydrogen) atoms. The Morgan fingerprint density at radius 1 is 0.167 bits per heavy atom. The monoisotopic (exact) mass is 1460 g/mol. The van der Waals surface area contributed by atoms with Crippen LogP contribution in [0.3, 0.4) is 0 Å². The first kappa shape index (κ1) is 93.4. The third kappa shape index (κ3) is 40.5. The quantitative estimate of drug-likeness (QED) is 0.0277. The Morgan fingerprint density at radius 3 is 0.441 bits per heavy atom. The van der Waals surface area contributed by atoms with Crippen LogP contribution < -0.4 is 47.4 Å². The van der Waals surface area contributed by atoms with Crippen LogP contribution in [-0.4, -0.2) is 67.1 Å². The van der Waals surface area contributed by atoms with Gasteiger partial charge < -0.3 is 47.4 Å². The van der Waals surface area contributed by atoms with Gasteiger partial charge in [0, 0.05) is 0 Å². The lowest BCUT2D eigenvalue weighted by molar-refractivity contribution is 0.268. The molecule has 20 heteroatoms. The minimum Gasteiger partial charge on any atom is -0.494 e. The first-order chi connectivity index (χ1) is 49.5. The number of halogens is 10. The van der Waals surface area contributed by atoms with Gasteiger partial charge in [-0.15, -0.1) is 0 Å². The van der Waals surface area contributed by atoms with E-state index in [4.69, 9.17) is 47.4 Å². The number of methoxy groups -OCH3 is 2. The second-order valence-electron chi connectivity index (χ2n) is 24.8. The largest absolute Gasteiger partial charge is 0.494 e. The van der Waals surface area contributed by atoms with Crippen LogP contribution in [0.5, 0.6) is 57.5 Å². The highest BCUT2D eigenvalue weighted by atomic mass is 19.2. The van der Waals surface area contributed by atoms with E-state index in [2.05, 4.69) is 34.6 Å². The molecule has 0 unspecified atom stereocenters. The molecule has 582 valence electrons. The lowest BCUT2D eigenvalue weighted by atomic mass is 10.1. The van der Waals surface area contributed by atoms with Crippen LogP contribution in [0.25, 0.3) is 0 Å². The Morgan fingerprint density at radius 2 is 0.284 bits per heavy atom. The Labute approximate surface area is 605 Å².